The van der Waals surface area contributed by atoms with Gasteiger partial charge in [0.15, 0.2) is 0 Å². The van der Waals surface area contributed by atoms with Gasteiger partial charge in [0.1, 0.15) is 0 Å². The molecule has 88 valence electrons. The SMILES string of the molecule is COCCCOC1CCN(C(C)=O)CC1. The Hall–Kier alpha value is -0.610. The number of methoxy groups -OCH3 is 1. The van der Waals surface area contributed by atoms with Gasteiger partial charge >= 0.3 is 0 Å². The molecule has 0 saturated carbocycles. The summed E-state index contributed by atoms with van der Waals surface area (Å²) in [5.41, 5.74) is 0. The van der Waals surface area contributed by atoms with E-state index in [2.05, 4.69) is 0 Å². The lowest BCUT2D eigenvalue weighted by molar-refractivity contribution is -0.131. The van der Waals surface area contributed by atoms with Crippen LogP contribution in [0.1, 0.15) is 26.2 Å². The Labute approximate surface area is 91.5 Å². The molecule has 0 aromatic heterocycles. The summed E-state index contributed by atoms with van der Waals surface area (Å²) in [5.74, 6) is 0.174. The van der Waals surface area contributed by atoms with E-state index in [-0.39, 0.29) is 5.91 Å². The van der Waals surface area contributed by atoms with E-state index in [4.69, 9.17) is 9.47 Å². The Morgan fingerprint density at radius 2 is 2.00 bits per heavy atom. The molecule has 1 amide bonds. The second kappa shape index (κ2) is 6.80. The third kappa shape index (κ3) is 4.62. The van der Waals surface area contributed by atoms with Crippen molar-refractivity contribution in [1.82, 2.24) is 4.90 Å². The summed E-state index contributed by atoms with van der Waals surface area (Å²) < 4.78 is 10.6. The molecule has 4 nitrogen and oxygen atoms in total. The number of ether oxygens (including phenoxy) is 2. The Bertz CT molecular complexity index is 188. The van der Waals surface area contributed by atoms with Crippen LogP contribution in [-0.2, 0) is 14.3 Å². The van der Waals surface area contributed by atoms with Gasteiger partial charge < -0.3 is 14.4 Å². The lowest BCUT2D eigenvalue weighted by Gasteiger charge is -2.31. The standard InChI is InChI=1S/C11H21NO3/c1-10(13)12-6-4-11(5-7-12)15-9-3-8-14-2/h11H,3-9H2,1-2H3. The fourth-order valence-electron chi connectivity index (χ4n) is 1.79. The van der Waals surface area contributed by atoms with E-state index in [1.807, 2.05) is 4.90 Å². The third-order valence-electron chi connectivity index (χ3n) is 2.73. The topological polar surface area (TPSA) is 38.8 Å². The minimum atomic E-state index is 0.174. The lowest BCUT2D eigenvalue weighted by Crippen LogP contribution is -2.39. The van der Waals surface area contributed by atoms with Gasteiger partial charge in [-0.3, -0.25) is 4.79 Å². The number of hydrogen-bond acceptors (Lipinski definition) is 3. The Morgan fingerprint density at radius 3 is 2.53 bits per heavy atom. The molecule has 0 N–H and O–H groups in total. The zero-order valence-corrected chi connectivity index (χ0v) is 9.70. The highest BCUT2D eigenvalue weighted by molar-refractivity contribution is 5.73. The number of nitrogens with zero attached hydrogens (tertiary/aromatic N) is 1. The minimum Gasteiger partial charge on any atom is -0.385 e. The van der Waals surface area contributed by atoms with E-state index in [0.29, 0.717) is 6.10 Å². The van der Waals surface area contributed by atoms with Crippen LogP contribution in [0.15, 0.2) is 0 Å². The molecule has 0 radical (unpaired) electrons. The minimum absolute atomic E-state index is 0.174. The molecule has 0 atom stereocenters. The van der Waals surface area contributed by atoms with E-state index < -0.39 is 0 Å². The molecule has 0 aromatic rings. The highest BCUT2D eigenvalue weighted by Gasteiger charge is 2.20. The smallest absolute Gasteiger partial charge is 0.219 e. The highest BCUT2D eigenvalue weighted by atomic mass is 16.5. The van der Waals surface area contributed by atoms with Crippen LogP contribution in [0, 0.1) is 0 Å². The van der Waals surface area contributed by atoms with Crippen LogP contribution >= 0.6 is 0 Å². The largest absolute Gasteiger partial charge is 0.385 e. The maximum atomic E-state index is 11.1. The molecule has 15 heavy (non-hydrogen) atoms. The molecule has 1 aliphatic heterocycles. The Morgan fingerprint density at radius 1 is 1.33 bits per heavy atom. The molecular formula is C11H21NO3. The molecular weight excluding hydrogens is 194 g/mol. The maximum Gasteiger partial charge on any atom is 0.219 e. The first-order chi connectivity index (χ1) is 7.24. The number of rotatable bonds is 5. The zero-order valence-electron chi connectivity index (χ0n) is 9.70. The van der Waals surface area contributed by atoms with Gasteiger partial charge in [0.25, 0.3) is 0 Å². The van der Waals surface area contributed by atoms with Crippen molar-refractivity contribution < 1.29 is 14.3 Å². The van der Waals surface area contributed by atoms with Gasteiger partial charge in [-0.05, 0) is 19.3 Å². The van der Waals surface area contributed by atoms with E-state index >= 15 is 0 Å². The number of hydrogen-bond donors (Lipinski definition) is 0. The summed E-state index contributed by atoms with van der Waals surface area (Å²) in [5, 5.41) is 0. The summed E-state index contributed by atoms with van der Waals surface area (Å²) >= 11 is 0. The molecule has 0 spiro atoms. The maximum absolute atomic E-state index is 11.1. The van der Waals surface area contributed by atoms with Gasteiger partial charge in [0.2, 0.25) is 5.91 Å². The van der Waals surface area contributed by atoms with Crippen molar-refractivity contribution >= 4 is 5.91 Å². The van der Waals surface area contributed by atoms with E-state index in [9.17, 15) is 4.79 Å². The van der Waals surface area contributed by atoms with Crippen LogP contribution in [0.5, 0.6) is 0 Å². The Balaban J connectivity index is 2.07. The van der Waals surface area contributed by atoms with E-state index in [1.165, 1.54) is 0 Å². The number of likely N-dealkylation sites (tertiary alicyclic amines) is 1. The van der Waals surface area contributed by atoms with Gasteiger partial charge in [-0.25, -0.2) is 0 Å². The molecule has 1 fully saturated rings. The molecule has 0 aliphatic carbocycles. The van der Waals surface area contributed by atoms with Gasteiger partial charge in [-0.15, -0.1) is 0 Å². The van der Waals surface area contributed by atoms with Gasteiger partial charge in [-0.2, -0.15) is 0 Å². The third-order valence-corrected chi connectivity index (χ3v) is 2.73. The first-order valence-corrected chi connectivity index (χ1v) is 5.60. The van der Waals surface area contributed by atoms with Crippen molar-refractivity contribution in [2.75, 3.05) is 33.4 Å². The van der Waals surface area contributed by atoms with Crippen LogP contribution in [0.25, 0.3) is 0 Å². The lowest BCUT2D eigenvalue weighted by atomic mass is 10.1. The monoisotopic (exact) mass is 215 g/mol. The number of amides is 1. The Kier molecular flexibility index (Phi) is 5.65. The molecule has 4 heteroatoms. The predicted molar refractivity (Wildman–Crippen MR) is 57.7 cm³/mol. The molecule has 1 rings (SSSR count). The number of carbonyl (C=O) groups excluding carboxylic acids is 1. The van der Waals surface area contributed by atoms with Crippen molar-refractivity contribution in [3.63, 3.8) is 0 Å². The number of carbonyl (C=O) groups is 1. The summed E-state index contributed by atoms with van der Waals surface area (Å²) in [7, 11) is 1.70. The molecule has 1 aliphatic rings. The molecule has 1 saturated heterocycles. The van der Waals surface area contributed by atoms with Crippen molar-refractivity contribution in [3.05, 3.63) is 0 Å². The van der Waals surface area contributed by atoms with Gasteiger partial charge in [0, 0.05) is 40.3 Å². The van der Waals surface area contributed by atoms with Crippen LogP contribution < -0.4 is 0 Å². The normalized spacial score (nSPS) is 18.1. The average Bonchev–Trinajstić information content (AvgIpc) is 2.25. The quantitative estimate of drug-likeness (QED) is 0.643. The zero-order chi connectivity index (χ0) is 11.1. The van der Waals surface area contributed by atoms with Gasteiger partial charge in [-0.1, -0.05) is 0 Å². The summed E-state index contributed by atoms with van der Waals surface area (Å²) in [6.07, 6.45) is 3.21. The van der Waals surface area contributed by atoms with E-state index in [1.54, 1.807) is 14.0 Å². The number of piperidine rings is 1. The van der Waals surface area contributed by atoms with Gasteiger partial charge in [0.05, 0.1) is 6.10 Å². The molecule has 0 bridgehead atoms. The van der Waals surface area contributed by atoms with Crippen LogP contribution in [-0.4, -0.2) is 50.3 Å². The fraction of sp³-hybridized carbons (Fsp3) is 0.909. The second-order valence-corrected chi connectivity index (χ2v) is 3.92. The van der Waals surface area contributed by atoms with Crippen LogP contribution in [0.2, 0.25) is 0 Å². The predicted octanol–water partition coefficient (Wildman–Crippen LogP) is 1.05. The average molecular weight is 215 g/mol. The van der Waals surface area contributed by atoms with Crippen molar-refractivity contribution in [1.29, 1.82) is 0 Å². The van der Waals surface area contributed by atoms with Crippen LogP contribution in [0.3, 0.4) is 0 Å². The summed E-state index contributed by atoms with van der Waals surface area (Å²) in [6, 6.07) is 0. The highest BCUT2D eigenvalue weighted by Crippen LogP contribution is 2.13. The van der Waals surface area contributed by atoms with Crippen molar-refractivity contribution in [3.8, 4) is 0 Å². The first kappa shape index (κ1) is 12.5. The second-order valence-electron chi connectivity index (χ2n) is 3.92. The molecule has 0 aromatic carbocycles. The first-order valence-electron chi connectivity index (χ1n) is 5.60. The molecule has 0 unspecified atom stereocenters. The fourth-order valence-corrected chi connectivity index (χ4v) is 1.79. The molecule has 1 heterocycles. The van der Waals surface area contributed by atoms with Crippen molar-refractivity contribution in [2.24, 2.45) is 0 Å². The van der Waals surface area contributed by atoms with Crippen LogP contribution in [0.4, 0.5) is 0 Å². The van der Waals surface area contributed by atoms with E-state index in [0.717, 1.165) is 45.6 Å². The summed E-state index contributed by atoms with van der Waals surface area (Å²) in [6.45, 7) is 4.82. The summed E-state index contributed by atoms with van der Waals surface area (Å²) in [4.78, 5) is 13.0. The van der Waals surface area contributed by atoms with Crippen molar-refractivity contribution in [2.45, 2.75) is 32.3 Å².